The average Bonchev–Trinajstić information content (AvgIpc) is 2.79. The molecule has 0 aliphatic heterocycles. The minimum atomic E-state index is 0.407. The molecule has 1 N–H and O–H groups in total. The molecule has 5 heteroatoms. The number of pyridine rings is 1. The van der Waals surface area contributed by atoms with Gasteiger partial charge in [0.25, 0.3) is 0 Å². The fourth-order valence-electron chi connectivity index (χ4n) is 2.20. The summed E-state index contributed by atoms with van der Waals surface area (Å²) in [5, 5.41) is 7.26. The highest BCUT2D eigenvalue weighted by molar-refractivity contribution is 7.71. The maximum atomic E-state index is 5.36. The maximum Gasteiger partial charge on any atom is 0.195 e. The monoisotopic (exact) mass is 262 g/mol. The second kappa shape index (κ2) is 5.91. The van der Waals surface area contributed by atoms with E-state index in [9.17, 15) is 0 Å². The van der Waals surface area contributed by atoms with Gasteiger partial charge < -0.3 is 0 Å². The first-order chi connectivity index (χ1) is 8.77. The van der Waals surface area contributed by atoms with E-state index >= 15 is 0 Å². The predicted octanol–water partition coefficient (Wildman–Crippen LogP) is 3.75. The van der Waals surface area contributed by atoms with Crippen molar-refractivity contribution in [2.24, 2.45) is 0 Å². The van der Waals surface area contributed by atoms with E-state index in [4.69, 9.17) is 12.2 Å². The Labute approximate surface area is 112 Å². The highest BCUT2D eigenvalue weighted by Crippen LogP contribution is 2.25. The Kier molecular flexibility index (Phi) is 4.25. The lowest BCUT2D eigenvalue weighted by atomic mass is 10.1. The van der Waals surface area contributed by atoms with Crippen LogP contribution < -0.4 is 0 Å². The molecule has 0 aliphatic rings. The Morgan fingerprint density at radius 1 is 1.33 bits per heavy atom. The van der Waals surface area contributed by atoms with Gasteiger partial charge in [0.2, 0.25) is 0 Å². The second-order valence-electron chi connectivity index (χ2n) is 4.31. The van der Waals surface area contributed by atoms with Crippen LogP contribution in [0.2, 0.25) is 0 Å². The first-order valence-corrected chi connectivity index (χ1v) is 6.76. The zero-order valence-corrected chi connectivity index (χ0v) is 11.6. The molecule has 2 aromatic rings. The van der Waals surface area contributed by atoms with Crippen LogP contribution in [0.4, 0.5) is 0 Å². The Morgan fingerprint density at radius 3 is 2.67 bits per heavy atom. The van der Waals surface area contributed by atoms with Gasteiger partial charge in [-0.1, -0.05) is 20.3 Å². The average molecular weight is 262 g/mol. The first-order valence-electron chi connectivity index (χ1n) is 6.35. The summed E-state index contributed by atoms with van der Waals surface area (Å²) in [6, 6.07) is 4.32. The summed E-state index contributed by atoms with van der Waals surface area (Å²) in [4.78, 5) is 4.04. The summed E-state index contributed by atoms with van der Waals surface area (Å²) in [5.74, 6) is 0.905. The third-order valence-corrected chi connectivity index (χ3v) is 3.39. The molecule has 96 valence electrons. The zero-order valence-electron chi connectivity index (χ0n) is 10.8. The molecule has 2 rings (SSSR count). The SMILES string of the molecule is CCCC(CC)n1c(-c2ccncc2)n[nH]c1=S. The normalized spacial score (nSPS) is 12.6. The molecule has 2 aromatic heterocycles. The lowest BCUT2D eigenvalue weighted by molar-refractivity contribution is 0.446. The van der Waals surface area contributed by atoms with Crippen LogP contribution in [-0.2, 0) is 0 Å². The number of hydrogen-bond acceptors (Lipinski definition) is 3. The number of hydrogen-bond donors (Lipinski definition) is 1. The van der Waals surface area contributed by atoms with Gasteiger partial charge in [0, 0.05) is 24.0 Å². The quantitative estimate of drug-likeness (QED) is 0.835. The maximum absolute atomic E-state index is 5.36. The standard InChI is InChI=1S/C13H18N4S/c1-3-5-11(4-2)17-12(15-16-13(17)18)10-6-8-14-9-7-10/h6-9,11H,3-5H2,1-2H3,(H,16,18). The highest BCUT2D eigenvalue weighted by atomic mass is 32.1. The van der Waals surface area contributed by atoms with Gasteiger partial charge in [-0.05, 0) is 37.2 Å². The van der Waals surface area contributed by atoms with Crippen LogP contribution in [0.3, 0.4) is 0 Å². The topological polar surface area (TPSA) is 46.5 Å². The minimum Gasteiger partial charge on any atom is -0.297 e. The highest BCUT2D eigenvalue weighted by Gasteiger charge is 2.15. The molecule has 0 aromatic carbocycles. The van der Waals surface area contributed by atoms with Gasteiger partial charge in [-0.2, -0.15) is 5.10 Å². The fourth-order valence-corrected chi connectivity index (χ4v) is 2.48. The molecule has 0 spiro atoms. The van der Waals surface area contributed by atoms with Crippen LogP contribution in [0.25, 0.3) is 11.4 Å². The van der Waals surface area contributed by atoms with E-state index in [0.717, 1.165) is 30.7 Å². The van der Waals surface area contributed by atoms with Crippen LogP contribution >= 0.6 is 12.2 Å². The Morgan fingerprint density at radius 2 is 2.06 bits per heavy atom. The van der Waals surface area contributed by atoms with Crippen LogP contribution in [0.5, 0.6) is 0 Å². The molecule has 1 unspecified atom stereocenters. The number of nitrogens with zero attached hydrogens (tertiary/aromatic N) is 3. The van der Waals surface area contributed by atoms with E-state index in [1.54, 1.807) is 12.4 Å². The molecule has 2 heterocycles. The van der Waals surface area contributed by atoms with Crippen LogP contribution in [-0.4, -0.2) is 19.7 Å². The zero-order chi connectivity index (χ0) is 13.0. The summed E-state index contributed by atoms with van der Waals surface area (Å²) in [7, 11) is 0. The molecule has 4 nitrogen and oxygen atoms in total. The van der Waals surface area contributed by atoms with Gasteiger partial charge in [-0.25, -0.2) is 0 Å². The largest absolute Gasteiger partial charge is 0.297 e. The molecule has 18 heavy (non-hydrogen) atoms. The van der Waals surface area contributed by atoms with Gasteiger partial charge in [0.15, 0.2) is 10.6 Å². The second-order valence-corrected chi connectivity index (χ2v) is 4.70. The van der Waals surface area contributed by atoms with Gasteiger partial charge in [0.1, 0.15) is 0 Å². The van der Waals surface area contributed by atoms with E-state index in [1.165, 1.54) is 0 Å². The molecule has 0 fully saturated rings. The van der Waals surface area contributed by atoms with Crippen molar-refractivity contribution in [2.45, 2.75) is 39.2 Å². The predicted molar refractivity (Wildman–Crippen MR) is 74.9 cm³/mol. The van der Waals surface area contributed by atoms with E-state index in [1.807, 2.05) is 12.1 Å². The van der Waals surface area contributed by atoms with Crippen molar-refractivity contribution in [3.8, 4) is 11.4 Å². The van der Waals surface area contributed by atoms with E-state index in [-0.39, 0.29) is 0 Å². The van der Waals surface area contributed by atoms with Crippen molar-refractivity contribution < 1.29 is 0 Å². The third-order valence-electron chi connectivity index (χ3n) is 3.10. The van der Waals surface area contributed by atoms with Crippen LogP contribution in [0.15, 0.2) is 24.5 Å². The molecule has 0 saturated carbocycles. The van der Waals surface area contributed by atoms with E-state index in [2.05, 4.69) is 33.6 Å². The summed E-state index contributed by atoms with van der Waals surface area (Å²) in [6.45, 7) is 4.38. The fraction of sp³-hybridized carbons (Fsp3) is 0.462. The smallest absolute Gasteiger partial charge is 0.195 e. The van der Waals surface area contributed by atoms with Gasteiger partial charge in [0.05, 0.1) is 0 Å². The molecular weight excluding hydrogens is 244 g/mol. The lowest BCUT2D eigenvalue weighted by Gasteiger charge is -2.17. The number of rotatable bonds is 5. The molecular formula is C13H18N4S. The summed E-state index contributed by atoms with van der Waals surface area (Å²) >= 11 is 5.36. The lowest BCUT2D eigenvalue weighted by Crippen LogP contribution is -2.09. The van der Waals surface area contributed by atoms with Crippen molar-refractivity contribution in [1.29, 1.82) is 0 Å². The Hall–Kier alpha value is -1.49. The van der Waals surface area contributed by atoms with Gasteiger partial charge in [-0.15, -0.1) is 0 Å². The van der Waals surface area contributed by atoms with Crippen molar-refractivity contribution >= 4 is 12.2 Å². The van der Waals surface area contributed by atoms with Crippen molar-refractivity contribution in [1.82, 2.24) is 19.7 Å². The Bertz CT molecular complexity index is 544. The number of aromatic nitrogens is 4. The first kappa shape index (κ1) is 13.0. The van der Waals surface area contributed by atoms with Crippen LogP contribution in [0, 0.1) is 4.77 Å². The van der Waals surface area contributed by atoms with E-state index < -0.39 is 0 Å². The summed E-state index contributed by atoms with van der Waals surface area (Å²) < 4.78 is 2.83. The summed E-state index contributed by atoms with van der Waals surface area (Å²) in [6.07, 6.45) is 6.86. The summed E-state index contributed by atoms with van der Waals surface area (Å²) in [5.41, 5.74) is 1.05. The molecule has 0 radical (unpaired) electrons. The molecule has 1 atom stereocenters. The molecule has 0 aliphatic carbocycles. The van der Waals surface area contributed by atoms with Crippen molar-refractivity contribution in [3.05, 3.63) is 29.3 Å². The number of nitrogens with one attached hydrogen (secondary N) is 1. The van der Waals surface area contributed by atoms with E-state index in [0.29, 0.717) is 10.8 Å². The van der Waals surface area contributed by atoms with Crippen LogP contribution in [0.1, 0.15) is 39.2 Å². The molecule has 0 saturated heterocycles. The van der Waals surface area contributed by atoms with Gasteiger partial charge >= 0.3 is 0 Å². The third kappa shape index (κ3) is 2.51. The van der Waals surface area contributed by atoms with Gasteiger partial charge in [-0.3, -0.25) is 14.6 Å². The number of H-pyrrole nitrogens is 1. The minimum absolute atomic E-state index is 0.407. The van der Waals surface area contributed by atoms with Crippen molar-refractivity contribution in [3.63, 3.8) is 0 Å². The Balaban J connectivity index is 2.47. The van der Waals surface area contributed by atoms with Crippen molar-refractivity contribution in [2.75, 3.05) is 0 Å². The number of aromatic amines is 1. The molecule has 0 amide bonds. The molecule has 0 bridgehead atoms.